The van der Waals surface area contributed by atoms with Gasteiger partial charge in [0.2, 0.25) is 0 Å². The first-order valence-corrected chi connectivity index (χ1v) is 10.2. The summed E-state index contributed by atoms with van der Waals surface area (Å²) in [7, 11) is 3.35. The van der Waals surface area contributed by atoms with Crippen LogP contribution in [0.4, 0.5) is 0 Å². The molecule has 0 spiro atoms. The zero-order chi connectivity index (χ0) is 20.2. The Kier molecular flexibility index (Phi) is 13.4. The Bertz CT molecular complexity index is 628. The maximum Gasteiger partial charge on any atom is 0.191 e. The molecule has 1 atom stereocenters. The van der Waals surface area contributed by atoms with E-state index < -0.39 is 0 Å². The molecule has 1 aromatic rings. The second kappa shape index (κ2) is 14.9. The number of halogens is 2. The predicted molar refractivity (Wildman–Crippen MR) is 127 cm³/mol. The second-order valence-corrected chi connectivity index (χ2v) is 6.87. The van der Waals surface area contributed by atoms with Crippen molar-refractivity contribution < 1.29 is 18.9 Å². The minimum absolute atomic E-state index is 0. The lowest BCUT2D eigenvalue weighted by Gasteiger charge is -2.15. The van der Waals surface area contributed by atoms with Gasteiger partial charge in [-0.2, -0.15) is 0 Å². The van der Waals surface area contributed by atoms with Gasteiger partial charge in [0.15, 0.2) is 17.5 Å². The average Bonchev–Trinajstić information content (AvgIpc) is 3.22. The van der Waals surface area contributed by atoms with Crippen LogP contribution in [-0.2, 0) is 16.0 Å². The Balaban J connectivity index is 0.00000420. The van der Waals surface area contributed by atoms with E-state index in [2.05, 4.69) is 15.6 Å². The first-order chi connectivity index (χ1) is 13.7. The lowest BCUT2D eigenvalue weighted by atomic mass is 10.2. The SMILES string of the molecule is CCOc1c(Cl)cc(CNC(=NC)NCCCOCC2CCCO2)cc1OC.I. The summed E-state index contributed by atoms with van der Waals surface area (Å²) < 4.78 is 22.1. The highest BCUT2D eigenvalue weighted by Crippen LogP contribution is 2.36. The number of benzene rings is 1. The summed E-state index contributed by atoms with van der Waals surface area (Å²) in [6.45, 7) is 6.04. The van der Waals surface area contributed by atoms with Crippen molar-refractivity contribution in [1.29, 1.82) is 0 Å². The zero-order valence-electron chi connectivity index (χ0n) is 17.5. The van der Waals surface area contributed by atoms with Gasteiger partial charge in [-0.15, -0.1) is 24.0 Å². The molecule has 0 radical (unpaired) electrons. The number of hydrogen-bond donors (Lipinski definition) is 2. The van der Waals surface area contributed by atoms with Crippen molar-refractivity contribution in [1.82, 2.24) is 10.6 Å². The molecule has 29 heavy (non-hydrogen) atoms. The Morgan fingerprint density at radius 2 is 2.17 bits per heavy atom. The topological polar surface area (TPSA) is 73.3 Å². The molecule has 166 valence electrons. The fourth-order valence-electron chi connectivity index (χ4n) is 2.94. The monoisotopic (exact) mass is 541 g/mol. The summed E-state index contributed by atoms with van der Waals surface area (Å²) in [4.78, 5) is 4.24. The minimum Gasteiger partial charge on any atom is -0.493 e. The van der Waals surface area contributed by atoms with Crippen molar-refractivity contribution in [2.24, 2.45) is 4.99 Å². The highest BCUT2D eigenvalue weighted by Gasteiger charge is 2.15. The third-order valence-corrected chi connectivity index (χ3v) is 4.63. The molecule has 1 saturated heterocycles. The van der Waals surface area contributed by atoms with Crippen molar-refractivity contribution >= 4 is 41.5 Å². The summed E-state index contributed by atoms with van der Waals surface area (Å²) in [6.07, 6.45) is 3.43. The van der Waals surface area contributed by atoms with Crippen LogP contribution in [0.5, 0.6) is 11.5 Å². The molecule has 2 rings (SSSR count). The van der Waals surface area contributed by atoms with Gasteiger partial charge >= 0.3 is 0 Å². The molecule has 2 N–H and O–H groups in total. The number of aliphatic imine (C=N–C) groups is 1. The summed E-state index contributed by atoms with van der Waals surface area (Å²) >= 11 is 6.32. The first-order valence-electron chi connectivity index (χ1n) is 9.81. The Labute approximate surface area is 195 Å². The van der Waals surface area contributed by atoms with Gasteiger partial charge in [-0.3, -0.25) is 4.99 Å². The molecule has 7 nitrogen and oxygen atoms in total. The molecule has 1 aliphatic rings. The molecule has 1 unspecified atom stereocenters. The molecule has 0 saturated carbocycles. The van der Waals surface area contributed by atoms with E-state index in [4.69, 9.17) is 30.5 Å². The third-order valence-electron chi connectivity index (χ3n) is 4.35. The van der Waals surface area contributed by atoms with Gasteiger partial charge in [0.25, 0.3) is 0 Å². The summed E-state index contributed by atoms with van der Waals surface area (Å²) in [5.74, 6) is 1.92. The number of nitrogens with zero attached hydrogens (tertiary/aromatic N) is 1. The van der Waals surface area contributed by atoms with Crippen LogP contribution >= 0.6 is 35.6 Å². The number of nitrogens with one attached hydrogen (secondary N) is 2. The molecule has 0 aliphatic carbocycles. The molecule has 1 fully saturated rings. The quantitative estimate of drug-likeness (QED) is 0.193. The largest absolute Gasteiger partial charge is 0.493 e. The maximum absolute atomic E-state index is 6.32. The van der Waals surface area contributed by atoms with Gasteiger partial charge in [-0.05, 0) is 43.9 Å². The normalized spacial score (nSPS) is 16.3. The van der Waals surface area contributed by atoms with Gasteiger partial charge in [0.05, 0.1) is 31.5 Å². The zero-order valence-corrected chi connectivity index (χ0v) is 20.5. The molecule has 1 heterocycles. The third kappa shape index (κ3) is 9.15. The average molecular weight is 542 g/mol. The van der Waals surface area contributed by atoms with Crippen molar-refractivity contribution in [3.05, 3.63) is 22.7 Å². The molecule has 1 aromatic carbocycles. The summed E-state index contributed by atoms with van der Waals surface area (Å²) in [5.41, 5.74) is 0.980. The molecule has 9 heteroatoms. The van der Waals surface area contributed by atoms with Crippen LogP contribution in [0.2, 0.25) is 5.02 Å². The van der Waals surface area contributed by atoms with E-state index in [-0.39, 0.29) is 30.1 Å². The van der Waals surface area contributed by atoms with E-state index >= 15 is 0 Å². The molecule has 1 aliphatic heterocycles. The van der Waals surface area contributed by atoms with Crippen LogP contribution < -0.4 is 20.1 Å². The standard InChI is InChI=1S/C20H32ClN3O4.HI/c1-4-27-19-17(21)11-15(12-18(19)25-3)13-24-20(22-2)23-8-6-9-26-14-16-7-5-10-28-16;/h11-12,16H,4-10,13-14H2,1-3H3,(H2,22,23,24);1H. The Hall–Kier alpha value is -0.970. The Morgan fingerprint density at radius 3 is 2.83 bits per heavy atom. The fraction of sp³-hybridized carbons (Fsp3) is 0.650. The lowest BCUT2D eigenvalue weighted by Crippen LogP contribution is -2.37. The number of rotatable bonds is 11. The van der Waals surface area contributed by atoms with E-state index in [1.54, 1.807) is 14.2 Å². The minimum atomic E-state index is 0. The van der Waals surface area contributed by atoms with Gasteiger partial charge in [0.1, 0.15) is 0 Å². The van der Waals surface area contributed by atoms with E-state index in [0.717, 1.165) is 43.9 Å². The van der Waals surface area contributed by atoms with Crippen LogP contribution in [0.25, 0.3) is 0 Å². The second-order valence-electron chi connectivity index (χ2n) is 6.46. The molecular formula is C20H33ClIN3O4. The van der Waals surface area contributed by atoms with Crippen LogP contribution in [-0.4, -0.2) is 59.2 Å². The lowest BCUT2D eigenvalue weighted by molar-refractivity contribution is 0.0168. The molecular weight excluding hydrogens is 509 g/mol. The van der Waals surface area contributed by atoms with Gasteiger partial charge in [-0.1, -0.05) is 11.6 Å². The van der Waals surface area contributed by atoms with Gasteiger partial charge in [0, 0.05) is 33.4 Å². The van der Waals surface area contributed by atoms with E-state index in [1.165, 1.54) is 0 Å². The predicted octanol–water partition coefficient (Wildman–Crippen LogP) is 3.62. The van der Waals surface area contributed by atoms with Crippen molar-refractivity contribution in [3.8, 4) is 11.5 Å². The van der Waals surface area contributed by atoms with Crippen LogP contribution in [0.3, 0.4) is 0 Å². The number of methoxy groups -OCH3 is 1. The molecule has 0 aromatic heterocycles. The number of guanidine groups is 1. The van der Waals surface area contributed by atoms with Crippen molar-refractivity contribution in [2.45, 2.75) is 38.8 Å². The summed E-state index contributed by atoms with van der Waals surface area (Å²) in [6, 6.07) is 3.78. The molecule has 0 amide bonds. The number of ether oxygens (including phenoxy) is 4. The van der Waals surface area contributed by atoms with E-state index in [9.17, 15) is 0 Å². The van der Waals surface area contributed by atoms with Gasteiger partial charge < -0.3 is 29.6 Å². The summed E-state index contributed by atoms with van der Waals surface area (Å²) in [5, 5.41) is 7.09. The highest BCUT2D eigenvalue weighted by atomic mass is 127. The van der Waals surface area contributed by atoms with Crippen LogP contribution in [0, 0.1) is 0 Å². The first kappa shape index (κ1) is 26.1. The number of hydrogen-bond acceptors (Lipinski definition) is 5. The highest BCUT2D eigenvalue weighted by molar-refractivity contribution is 14.0. The van der Waals surface area contributed by atoms with Crippen molar-refractivity contribution in [2.75, 3.05) is 47.1 Å². The maximum atomic E-state index is 6.32. The Morgan fingerprint density at radius 1 is 1.34 bits per heavy atom. The van der Waals surface area contributed by atoms with E-state index in [0.29, 0.717) is 42.9 Å². The van der Waals surface area contributed by atoms with E-state index in [1.807, 2.05) is 19.1 Å². The fourth-order valence-corrected chi connectivity index (χ4v) is 3.23. The van der Waals surface area contributed by atoms with Crippen LogP contribution in [0.15, 0.2) is 17.1 Å². The van der Waals surface area contributed by atoms with Crippen LogP contribution in [0.1, 0.15) is 31.7 Å². The molecule has 0 bridgehead atoms. The van der Waals surface area contributed by atoms with Gasteiger partial charge in [-0.25, -0.2) is 0 Å². The van der Waals surface area contributed by atoms with Crippen molar-refractivity contribution in [3.63, 3.8) is 0 Å². The smallest absolute Gasteiger partial charge is 0.191 e.